The fourth-order valence-electron chi connectivity index (χ4n) is 1.94. The Morgan fingerprint density at radius 1 is 1.18 bits per heavy atom. The van der Waals surface area contributed by atoms with Crippen LogP contribution in [-0.4, -0.2) is 30.3 Å². The molecule has 88 valence electrons. The lowest BCUT2D eigenvalue weighted by molar-refractivity contribution is 0.137. The number of ether oxygens (including phenoxy) is 2. The van der Waals surface area contributed by atoms with Crippen molar-refractivity contribution in [2.24, 2.45) is 5.73 Å². The average Bonchev–Trinajstić information content (AvgIpc) is 2.75. The summed E-state index contributed by atoms with van der Waals surface area (Å²) in [6, 6.07) is 11.7. The molecule has 0 spiro atoms. The fraction of sp³-hybridized carbons (Fsp3) is 0.308. The number of rotatable bonds is 2. The molecule has 17 heavy (non-hydrogen) atoms. The van der Waals surface area contributed by atoms with E-state index in [1.165, 1.54) is 0 Å². The zero-order valence-corrected chi connectivity index (χ0v) is 9.37. The third-order valence-corrected chi connectivity index (χ3v) is 2.91. The number of hydrogen-bond acceptors (Lipinski definition) is 4. The van der Waals surface area contributed by atoms with E-state index in [9.17, 15) is 0 Å². The molecule has 1 aromatic carbocycles. The zero-order valence-electron chi connectivity index (χ0n) is 9.37. The van der Waals surface area contributed by atoms with Crippen LogP contribution in [-0.2, 0) is 4.74 Å². The van der Waals surface area contributed by atoms with Crippen molar-refractivity contribution in [1.29, 1.82) is 0 Å². The van der Waals surface area contributed by atoms with Crippen molar-refractivity contribution >= 4 is 10.9 Å². The van der Waals surface area contributed by atoms with E-state index >= 15 is 0 Å². The highest BCUT2D eigenvalue weighted by molar-refractivity contribution is 5.78. The average molecular weight is 230 g/mol. The lowest BCUT2D eigenvalue weighted by Crippen LogP contribution is -2.37. The van der Waals surface area contributed by atoms with Crippen LogP contribution in [0.1, 0.15) is 0 Å². The minimum Gasteiger partial charge on any atom is -0.470 e. The summed E-state index contributed by atoms with van der Waals surface area (Å²) in [4.78, 5) is 4.44. The van der Waals surface area contributed by atoms with Gasteiger partial charge in [0.2, 0.25) is 5.88 Å². The molecule has 0 amide bonds. The molecule has 1 saturated heterocycles. The van der Waals surface area contributed by atoms with Crippen molar-refractivity contribution in [3.8, 4) is 5.88 Å². The van der Waals surface area contributed by atoms with Crippen LogP contribution >= 0.6 is 0 Å². The second-order valence-electron chi connectivity index (χ2n) is 4.20. The summed E-state index contributed by atoms with van der Waals surface area (Å²) in [6.45, 7) is 1.09. The molecular formula is C13H14N2O2. The minimum atomic E-state index is -0.0938. The predicted molar refractivity (Wildman–Crippen MR) is 65.0 cm³/mol. The van der Waals surface area contributed by atoms with Crippen molar-refractivity contribution in [3.63, 3.8) is 0 Å². The Kier molecular flexibility index (Phi) is 2.66. The molecule has 2 aromatic rings. The van der Waals surface area contributed by atoms with Gasteiger partial charge in [0.1, 0.15) is 6.10 Å². The molecule has 1 aromatic heterocycles. The number of benzene rings is 1. The molecule has 2 atom stereocenters. The molecule has 3 rings (SSSR count). The highest BCUT2D eigenvalue weighted by atomic mass is 16.6. The maximum absolute atomic E-state index is 5.86. The first kappa shape index (κ1) is 10.5. The van der Waals surface area contributed by atoms with E-state index in [0.29, 0.717) is 19.1 Å². The molecule has 1 fully saturated rings. The summed E-state index contributed by atoms with van der Waals surface area (Å²) in [5.74, 6) is 0.606. The van der Waals surface area contributed by atoms with Crippen molar-refractivity contribution in [2.75, 3.05) is 13.2 Å². The van der Waals surface area contributed by atoms with E-state index in [1.807, 2.05) is 36.4 Å². The number of aromatic nitrogens is 1. The number of fused-ring (bicyclic) bond motifs is 1. The smallest absolute Gasteiger partial charge is 0.214 e. The van der Waals surface area contributed by atoms with Crippen LogP contribution in [0.2, 0.25) is 0 Å². The van der Waals surface area contributed by atoms with Gasteiger partial charge in [-0.15, -0.1) is 0 Å². The zero-order chi connectivity index (χ0) is 11.7. The first-order chi connectivity index (χ1) is 8.33. The first-order valence-electron chi connectivity index (χ1n) is 5.69. The fourth-order valence-corrected chi connectivity index (χ4v) is 1.94. The molecule has 1 aliphatic rings. The van der Waals surface area contributed by atoms with Gasteiger partial charge < -0.3 is 15.2 Å². The van der Waals surface area contributed by atoms with Gasteiger partial charge in [-0.25, -0.2) is 4.98 Å². The Bertz CT molecular complexity index is 530. The largest absolute Gasteiger partial charge is 0.470 e. The van der Waals surface area contributed by atoms with Crippen LogP contribution in [0, 0.1) is 0 Å². The van der Waals surface area contributed by atoms with Crippen LogP contribution in [0.4, 0.5) is 0 Å². The monoisotopic (exact) mass is 230 g/mol. The summed E-state index contributed by atoms with van der Waals surface area (Å²) in [5, 5.41) is 1.10. The third-order valence-electron chi connectivity index (χ3n) is 2.91. The highest BCUT2D eigenvalue weighted by Gasteiger charge is 2.26. The topological polar surface area (TPSA) is 57.4 Å². The molecule has 0 saturated carbocycles. The molecule has 2 N–H and O–H groups in total. The second kappa shape index (κ2) is 4.31. The van der Waals surface area contributed by atoms with Gasteiger partial charge in [-0.2, -0.15) is 0 Å². The van der Waals surface area contributed by atoms with Gasteiger partial charge in [-0.3, -0.25) is 0 Å². The Balaban J connectivity index is 1.85. The number of nitrogens with two attached hydrogens (primary N) is 1. The van der Waals surface area contributed by atoms with Gasteiger partial charge in [0, 0.05) is 11.5 Å². The molecular weight excluding hydrogens is 216 g/mol. The van der Waals surface area contributed by atoms with E-state index in [-0.39, 0.29) is 12.1 Å². The maximum atomic E-state index is 5.86. The molecule has 4 nitrogen and oxygen atoms in total. The SMILES string of the molecule is NC1COCC1Oc1ccc2ccccc2n1. The molecule has 2 unspecified atom stereocenters. The van der Waals surface area contributed by atoms with Gasteiger partial charge in [0.15, 0.2) is 0 Å². The summed E-state index contributed by atoms with van der Waals surface area (Å²) in [7, 11) is 0. The van der Waals surface area contributed by atoms with Crippen LogP contribution in [0.15, 0.2) is 36.4 Å². The van der Waals surface area contributed by atoms with Crippen molar-refractivity contribution in [3.05, 3.63) is 36.4 Å². The third kappa shape index (κ3) is 2.09. The number of hydrogen-bond donors (Lipinski definition) is 1. The van der Waals surface area contributed by atoms with Gasteiger partial charge in [0.25, 0.3) is 0 Å². The summed E-state index contributed by atoms with van der Waals surface area (Å²) >= 11 is 0. The van der Waals surface area contributed by atoms with Crippen LogP contribution in [0.5, 0.6) is 5.88 Å². The Morgan fingerprint density at radius 2 is 2.06 bits per heavy atom. The van der Waals surface area contributed by atoms with Crippen LogP contribution in [0.25, 0.3) is 10.9 Å². The van der Waals surface area contributed by atoms with Crippen molar-refractivity contribution in [2.45, 2.75) is 12.1 Å². The quantitative estimate of drug-likeness (QED) is 0.845. The lowest BCUT2D eigenvalue weighted by atomic mass is 10.2. The lowest BCUT2D eigenvalue weighted by Gasteiger charge is -2.15. The predicted octanol–water partition coefficient (Wildman–Crippen LogP) is 1.34. The summed E-state index contributed by atoms with van der Waals surface area (Å²) in [5.41, 5.74) is 6.79. The van der Waals surface area contributed by atoms with Gasteiger partial charge >= 0.3 is 0 Å². The van der Waals surface area contributed by atoms with Crippen molar-refractivity contribution < 1.29 is 9.47 Å². The molecule has 1 aliphatic heterocycles. The minimum absolute atomic E-state index is 0.0664. The summed E-state index contributed by atoms with van der Waals surface area (Å²) < 4.78 is 11.0. The van der Waals surface area contributed by atoms with E-state index in [0.717, 1.165) is 10.9 Å². The highest BCUT2D eigenvalue weighted by Crippen LogP contribution is 2.18. The molecule has 4 heteroatoms. The van der Waals surface area contributed by atoms with Crippen LogP contribution < -0.4 is 10.5 Å². The second-order valence-corrected chi connectivity index (χ2v) is 4.20. The van der Waals surface area contributed by atoms with Crippen LogP contribution in [0.3, 0.4) is 0 Å². The number of para-hydroxylation sites is 1. The first-order valence-corrected chi connectivity index (χ1v) is 5.69. The van der Waals surface area contributed by atoms with E-state index in [2.05, 4.69) is 4.98 Å². The van der Waals surface area contributed by atoms with Gasteiger partial charge in [-0.05, 0) is 12.1 Å². The van der Waals surface area contributed by atoms with Gasteiger partial charge in [-0.1, -0.05) is 18.2 Å². The van der Waals surface area contributed by atoms with E-state index in [4.69, 9.17) is 15.2 Å². The molecule has 2 heterocycles. The normalized spacial score (nSPS) is 24.1. The molecule has 0 radical (unpaired) electrons. The van der Waals surface area contributed by atoms with E-state index in [1.54, 1.807) is 0 Å². The number of pyridine rings is 1. The summed E-state index contributed by atoms with van der Waals surface area (Å²) in [6.07, 6.45) is -0.0938. The number of nitrogens with zero attached hydrogens (tertiary/aromatic N) is 1. The van der Waals surface area contributed by atoms with Gasteiger partial charge in [0.05, 0.1) is 24.8 Å². The Hall–Kier alpha value is -1.65. The Morgan fingerprint density at radius 3 is 2.88 bits per heavy atom. The molecule has 0 bridgehead atoms. The van der Waals surface area contributed by atoms with Crippen molar-refractivity contribution in [1.82, 2.24) is 4.98 Å². The van der Waals surface area contributed by atoms with E-state index < -0.39 is 0 Å². The molecule has 0 aliphatic carbocycles. The Labute approximate surface area is 99.4 Å². The standard InChI is InChI=1S/C13H14N2O2/c14-10-7-16-8-12(10)17-13-6-5-9-3-1-2-4-11(9)15-13/h1-6,10,12H,7-8,14H2. The maximum Gasteiger partial charge on any atom is 0.214 e.